The van der Waals surface area contributed by atoms with Crippen LogP contribution in [0.3, 0.4) is 0 Å². The predicted molar refractivity (Wildman–Crippen MR) is 71.0 cm³/mol. The molecule has 4 heteroatoms. The molecule has 1 N–H and O–H groups in total. The maximum Gasteiger partial charge on any atom is 0.0991 e. The number of rotatable bonds is 5. The molecule has 0 aliphatic carbocycles. The van der Waals surface area contributed by atoms with Crippen LogP contribution in [-0.4, -0.2) is 9.55 Å². The van der Waals surface area contributed by atoms with E-state index in [9.17, 15) is 0 Å². The fraction of sp³-hybridized carbons (Fsp3) is 0.286. The molecule has 1 aromatic heterocycles. The van der Waals surface area contributed by atoms with Crippen molar-refractivity contribution in [3.05, 3.63) is 48.0 Å². The third-order valence-electron chi connectivity index (χ3n) is 2.75. The lowest BCUT2D eigenvalue weighted by molar-refractivity contribution is 0.651. The summed E-state index contributed by atoms with van der Waals surface area (Å²) in [6, 6.07) is 9.56. The monoisotopic (exact) mass is 240 g/mol. The van der Waals surface area contributed by atoms with Gasteiger partial charge in [0.1, 0.15) is 0 Å². The van der Waals surface area contributed by atoms with E-state index in [2.05, 4.69) is 27.9 Å². The normalized spacial score (nSPS) is 10.0. The van der Waals surface area contributed by atoms with Gasteiger partial charge >= 0.3 is 0 Å². The molecule has 0 saturated carbocycles. The Morgan fingerprint density at radius 3 is 2.78 bits per heavy atom. The lowest BCUT2D eigenvalue weighted by Crippen LogP contribution is -2.06. The molecule has 0 aliphatic rings. The number of imidazole rings is 1. The molecule has 0 amide bonds. The van der Waals surface area contributed by atoms with Crippen LogP contribution in [0.5, 0.6) is 0 Å². The van der Waals surface area contributed by atoms with Gasteiger partial charge in [-0.15, -0.1) is 0 Å². The molecule has 2 aromatic rings. The highest BCUT2D eigenvalue weighted by molar-refractivity contribution is 5.47. The summed E-state index contributed by atoms with van der Waals surface area (Å²) in [6.07, 6.45) is 4.84. The molecule has 0 radical (unpaired) electrons. The van der Waals surface area contributed by atoms with Gasteiger partial charge < -0.3 is 9.88 Å². The average Bonchev–Trinajstić information content (AvgIpc) is 2.85. The minimum Gasteiger partial charge on any atom is -0.379 e. The van der Waals surface area contributed by atoms with E-state index in [0.717, 1.165) is 25.2 Å². The van der Waals surface area contributed by atoms with Crippen LogP contribution < -0.4 is 5.32 Å². The number of hydrogen-bond donors (Lipinski definition) is 1. The highest BCUT2D eigenvalue weighted by Crippen LogP contribution is 2.11. The van der Waals surface area contributed by atoms with Crippen LogP contribution in [0.2, 0.25) is 0 Å². The molecule has 0 saturated heterocycles. The second-order valence-corrected chi connectivity index (χ2v) is 4.12. The molecule has 92 valence electrons. The number of anilines is 1. The van der Waals surface area contributed by atoms with Gasteiger partial charge in [-0.3, -0.25) is 0 Å². The van der Waals surface area contributed by atoms with E-state index in [0.29, 0.717) is 5.56 Å². The van der Waals surface area contributed by atoms with E-state index in [1.54, 1.807) is 0 Å². The fourth-order valence-electron chi connectivity index (χ4n) is 1.79. The van der Waals surface area contributed by atoms with Crippen molar-refractivity contribution in [1.29, 1.82) is 5.26 Å². The van der Waals surface area contributed by atoms with Crippen molar-refractivity contribution >= 4 is 5.69 Å². The minimum atomic E-state index is 0.677. The molecule has 2 rings (SSSR count). The maximum atomic E-state index is 8.72. The predicted octanol–water partition coefficient (Wildman–Crippen LogP) is 2.78. The summed E-state index contributed by atoms with van der Waals surface area (Å²) in [7, 11) is 0. The average molecular weight is 240 g/mol. The Morgan fingerprint density at radius 2 is 2.11 bits per heavy atom. The fourth-order valence-corrected chi connectivity index (χ4v) is 1.79. The molecule has 0 fully saturated rings. The molecule has 0 unspecified atom stereocenters. The van der Waals surface area contributed by atoms with Crippen molar-refractivity contribution in [3.63, 3.8) is 0 Å². The Morgan fingerprint density at radius 1 is 1.33 bits per heavy atom. The number of nitrogens with zero attached hydrogens (tertiary/aromatic N) is 3. The van der Waals surface area contributed by atoms with Crippen LogP contribution >= 0.6 is 0 Å². The van der Waals surface area contributed by atoms with Crippen LogP contribution in [-0.2, 0) is 13.1 Å². The van der Waals surface area contributed by atoms with Crippen molar-refractivity contribution in [2.24, 2.45) is 0 Å². The SMILES string of the molecule is CCCn1cncc1CNc1ccc(C#N)cc1. The van der Waals surface area contributed by atoms with E-state index in [-0.39, 0.29) is 0 Å². The minimum absolute atomic E-state index is 0.677. The number of hydrogen-bond acceptors (Lipinski definition) is 3. The van der Waals surface area contributed by atoms with Gasteiger partial charge in [0, 0.05) is 18.4 Å². The second kappa shape index (κ2) is 5.87. The van der Waals surface area contributed by atoms with E-state index in [1.165, 1.54) is 5.69 Å². The molecule has 0 bridgehead atoms. The summed E-state index contributed by atoms with van der Waals surface area (Å²) >= 11 is 0. The summed E-state index contributed by atoms with van der Waals surface area (Å²) < 4.78 is 2.15. The summed E-state index contributed by atoms with van der Waals surface area (Å²) in [6.45, 7) is 3.88. The van der Waals surface area contributed by atoms with Crippen molar-refractivity contribution in [3.8, 4) is 6.07 Å². The first kappa shape index (κ1) is 12.2. The molecule has 18 heavy (non-hydrogen) atoms. The van der Waals surface area contributed by atoms with Crippen LogP contribution in [0.15, 0.2) is 36.8 Å². The Balaban J connectivity index is 1.98. The van der Waals surface area contributed by atoms with E-state index in [4.69, 9.17) is 5.26 Å². The quantitative estimate of drug-likeness (QED) is 0.874. The molecule has 4 nitrogen and oxygen atoms in total. The third-order valence-corrected chi connectivity index (χ3v) is 2.75. The maximum absolute atomic E-state index is 8.72. The standard InChI is InChI=1S/C14H16N4/c1-2-7-18-11-16-9-14(18)10-17-13-5-3-12(8-15)4-6-13/h3-6,9,11,17H,2,7,10H2,1H3. The van der Waals surface area contributed by atoms with Crippen molar-refractivity contribution in [2.75, 3.05) is 5.32 Å². The van der Waals surface area contributed by atoms with E-state index in [1.807, 2.05) is 36.8 Å². The first-order valence-electron chi connectivity index (χ1n) is 6.06. The topological polar surface area (TPSA) is 53.6 Å². The number of aromatic nitrogens is 2. The van der Waals surface area contributed by atoms with Gasteiger partial charge in [0.05, 0.1) is 30.2 Å². The van der Waals surface area contributed by atoms with Crippen molar-refractivity contribution in [1.82, 2.24) is 9.55 Å². The largest absolute Gasteiger partial charge is 0.379 e. The summed E-state index contributed by atoms with van der Waals surface area (Å²) in [5.41, 5.74) is 2.86. The van der Waals surface area contributed by atoms with Crippen LogP contribution in [0.25, 0.3) is 0 Å². The summed E-state index contributed by atoms with van der Waals surface area (Å²) in [5, 5.41) is 12.0. The Bertz CT molecular complexity index is 534. The Hall–Kier alpha value is -2.28. The summed E-state index contributed by atoms with van der Waals surface area (Å²) in [5.74, 6) is 0. The number of nitriles is 1. The Kier molecular flexibility index (Phi) is 3.98. The number of benzene rings is 1. The molecule has 0 spiro atoms. The Labute approximate surface area is 107 Å². The zero-order valence-corrected chi connectivity index (χ0v) is 10.4. The van der Waals surface area contributed by atoms with Gasteiger partial charge in [-0.25, -0.2) is 4.98 Å². The van der Waals surface area contributed by atoms with Gasteiger partial charge in [-0.1, -0.05) is 6.92 Å². The van der Waals surface area contributed by atoms with Crippen LogP contribution in [0.4, 0.5) is 5.69 Å². The molecule has 1 heterocycles. The van der Waals surface area contributed by atoms with Crippen LogP contribution in [0.1, 0.15) is 24.6 Å². The first-order chi connectivity index (χ1) is 8.83. The van der Waals surface area contributed by atoms with Crippen LogP contribution in [0, 0.1) is 11.3 Å². The molecular weight excluding hydrogens is 224 g/mol. The van der Waals surface area contributed by atoms with Gasteiger partial charge in [-0.2, -0.15) is 5.26 Å². The lowest BCUT2D eigenvalue weighted by Gasteiger charge is -2.09. The van der Waals surface area contributed by atoms with Crippen molar-refractivity contribution < 1.29 is 0 Å². The van der Waals surface area contributed by atoms with Crippen molar-refractivity contribution in [2.45, 2.75) is 26.4 Å². The smallest absolute Gasteiger partial charge is 0.0991 e. The molecule has 0 aliphatic heterocycles. The van der Waals surface area contributed by atoms with Gasteiger partial charge in [0.15, 0.2) is 0 Å². The highest BCUT2D eigenvalue weighted by atomic mass is 15.1. The molecular formula is C14H16N4. The number of aryl methyl sites for hydroxylation is 1. The zero-order valence-electron chi connectivity index (χ0n) is 10.4. The van der Waals surface area contributed by atoms with E-state index < -0.39 is 0 Å². The van der Waals surface area contributed by atoms with Gasteiger partial charge in [0.25, 0.3) is 0 Å². The van der Waals surface area contributed by atoms with E-state index >= 15 is 0 Å². The van der Waals surface area contributed by atoms with Gasteiger partial charge in [-0.05, 0) is 30.7 Å². The highest BCUT2D eigenvalue weighted by Gasteiger charge is 2.01. The van der Waals surface area contributed by atoms with Gasteiger partial charge in [0.2, 0.25) is 0 Å². The second-order valence-electron chi connectivity index (χ2n) is 4.12. The third kappa shape index (κ3) is 2.89. The zero-order chi connectivity index (χ0) is 12.8. The molecule has 0 atom stereocenters. The lowest BCUT2D eigenvalue weighted by atomic mass is 10.2. The first-order valence-corrected chi connectivity index (χ1v) is 6.06. The number of nitrogens with one attached hydrogen (secondary N) is 1. The molecule has 1 aromatic carbocycles. The summed E-state index contributed by atoms with van der Waals surface area (Å²) in [4.78, 5) is 4.16.